The number of nitrogens with zero attached hydrogens (tertiary/aromatic N) is 5. The van der Waals surface area contributed by atoms with Crippen molar-refractivity contribution in [1.29, 1.82) is 0 Å². The quantitative estimate of drug-likeness (QED) is 0.553. The summed E-state index contributed by atoms with van der Waals surface area (Å²) in [6, 6.07) is 6.80. The highest BCUT2D eigenvalue weighted by molar-refractivity contribution is 7.14. The van der Waals surface area contributed by atoms with Gasteiger partial charge in [0, 0.05) is 17.1 Å². The highest BCUT2D eigenvalue weighted by Crippen LogP contribution is 2.32. The maximum Gasteiger partial charge on any atom is 0.416 e. The van der Waals surface area contributed by atoms with Crippen molar-refractivity contribution in [2.75, 3.05) is 5.32 Å². The number of aryl methyl sites for hydroxylation is 2. The molecule has 4 rings (SSSR count). The van der Waals surface area contributed by atoms with Crippen LogP contribution in [0.3, 0.4) is 0 Å². The summed E-state index contributed by atoms with van der Waals surface area (Å²) < 4.78 is 40.2. The van der Waals surface area contributed by atoms with Crippen molar-refractivity contribution >= 4 is 27.8 Å². The molecule has 1 N–H and O–H groups in total. The zero-order valence-electron chi connectivity index (χ0n) is 14.2. The van der Waals surface area contributed by atoms with Crippen LogP contribution in [0.5, 0.6) is 0 Å². The molecule has 3 heterocycles. The molecule has 0 radical (unpaired) electrons. The van der Waals surface area contributed by atoms with Crippen LogP contribution in [-0.4, -0.2) is 24.8 Å². The normalized spacial score (nSPS) is 11.9. The molecular weight excluding hydrogens is 377 g/mol. The van der Waals surface area contributed by atoms with Gasteiger partial charge in [-0.15, -0.1) is 21.5 Å². The molecule has 138 valence electrons. The third-order valence-electron chi connectivity index (χ3n) is 3.91. The maximum absolute atomic E-state index is 12.8. The Morgan fingerprint density at radius 1 is 1.11 bits per heavy atom. The topological polar surface area (TPSA) is 68.0 Å². The molecule has 0 amide bonds. The highest BCUT2D eigenvalue weighted by atomic mass is 32.1. The van der Waals surface area contributed by atoms with E-state index >= 15 is 0 Å². The van der Waals surface area contributed by atoms with E-state index in [1.54, 1.807) is 16.0 Å². The number of fused-ring (bicyclic) bond motifs is 1. The molecule has 4 aromatic rings. The number of nitrogens with one attached hydrogen (secondary N) is 1. The molecule has 10 heteroatoms. The van der Waals surface area contributed by atoms with Gasteiger partial charge in [-0.1, -0.05) is 6.07 Å². The van der Waals surface area contributed by atoms with Gasteiger partial charge < -0.3 is 5.32 Å². The predicted molar refractivity (Wildman–Crippen MR) is 96.1 cm³/mol. The van der Waals surface area contributed by atoms with Gasteiger partial charge >= 0.3 is 6.18 Å². The average molecular weight is 390 g/mol. The third kappa shape index (κ3) is 3.35. The van der Waals surface area contributed by atoms with Gasteiger partial charge in [0.25, 0.3) is 0 Å². The molecule has 6 nitrogen and oxygen atoms in total. The first-order chi connectivity index (χ1) is 12.8. The number of halogens is 3. The molecule has 0 unspecified atom stereocenters. The highest BCUT2D eigenvalue weighted by Gasteiger charge is 2.30. The van der Waals surface area contributed by atoms with Crippen molar-refractivity contribution in [2.45, 2.75) is 20.0 Å². The van der Waals surface area contributed by atoms with Crippen LogP contribution in [0.4, 0.5) is 24.0 Å². The van der Waals surface area contributed by atoms with Gasteiger partial charge in [-0.3, -0.25) is 0 Å². The lowest BCUT2D eigenvalue weighted by Crippen LogP contribution is -2.05. The molecule has 0 aliphatic rings. The molecule has 0 atom stereocenters. The van der Waals surface area contributed by atoms with Crippen LogP contribution in [-0.2, 0) is 6.18 Å². The van der Waals surface area contributed by atoms with Crippen LogP contribution < -0.4 is 5.32 Å². The van der Waals surface area contributed by atoms with E-state index in [2.05, 4.69) is 25.6 Å². The van der Waals surface area contributed by atoms with E-state index in [0.717, 1.165) is 23.5 Å². The van der Waals surface area contributed by atoms with Crippen LogP contribution in [0.2, 0.25) is 0 Å². The number of alkyl halides is 3. The maximum atomic E-state index is 12.8. The molecule has 0 aliphatic heterocycles. The van der Waals surface area contributed by atoms with Gasteiger partial charge in [-0.05, 0) is 32.0 Å². The standard InChI is InChI=1S/C17H13F3N6S/c1-9-6-14-23-24-15(10(2)26(14)25-9)13-8-27-16(22-13)21-12-5-3-4-11(7-12)17(18,19)20/h3-8H,1-2H3,(H,21,22). The SMILES string of the molecule is Cc1cc2nnc(-c3csc(Nc4cccc(C(F)(F)F)c4)n3)c(C)n2n1. The van der Waals surface area contributed by atoms with E-state index < -0.39 is 11.7 Å². The molecule has 3 aromatic heterocycles. The first-order valence-corrected chi connectivity index (χ1v) is 8.79. The molecule has 0 aliphatic carbocycles. The molecule has 0 fully saturated rings. The number of rotatable bonds is 3. The summed E-state index contributed by atoms with van der Waals surface area (Å²) in [6.45, 7) is 3.73. The molecule has 27 heavy (non-hydrogen) atoms. The summed E-state index contributed by atoms with van der Waals surface area (Å²) in [4.78, 5) is 4.42. The Hall–Kier alpha value is -3.01. The van der Waals surface area contributed by atoms with E-state index in [4.69, 9.17) is 0 Å². The largest absolute Gasteiger partial charge is 0.416 e. The van der Waals surface area contributed by atoms with E-state index in [9.17, 15) is 13.2 Å². The summed E-state index contributed by atoms with van der Waals surface area (Å²) in [5.41, 5.74) is 3.00. The summed E-state index contributed by atoms with van der Waals surface area (Å²) in [5.74, 6) is 0. The van der Waals surface area contributed by atoms with E-state index in [1.807, 2.05) is 19.9 Å². The minimum Gasteiger partial charge on any atom is -0.332 e. The van der Waals surface area contributed by atoms with Gasteiger partial charge in [0.05, 0.1) is 17.0 Å². The van der Waals surface area contributed by atoms with E-state index in [0.29, 0.717) is 27.9 Å². The summed E-state index contributed by atoms with van der Waals surface area (Å²) in [5, 5.41) is 17.9. The number of benzene rings is 1. The molecule has 1 aromatic carbocycles. The fourth-order valence-corrected chi connectivity index (χ4v) is 3.37. The van der Waals surface area contributed by atoms with Crippen molar-refractivity contribution < 1.29 is 13.2 Å². The van der Waals surface area contributed by atoms with Crippen molar-refractivity contribution in [3.05, 3.63) is 52.7 Å². The second-order valence-electron chi connectivity index (χ2n) is 5.93. The second-order valence-corrected chi connectivity index (χ2v) is 6.79. The molecule has 0 saturated heterocycles. The molecule has 0 spiro atoms. The Balaban J connectivity index is 1.64. The van der Waals surface area contributed by atoms with Crippen molar-refractivity contribution in [3.63, 3.8) is 0 Å². The molecule has 0 saturated carbocycles. The number of thiazole rings is 1. The Morgan fingerprint density at radius 2 is 1.93 bits per heavy atom. The lowest BCUT2D eigenvalue weighted by molar-refractivity contribution is -0.137. The Labute approximate surface area is 155 Å². The minimum absolute atomic E-state index is 0.312. The van der Waals surface area contributed by atoms with Gasteiger partial charge in [0.2, 0.25) is 0 Å². The summed E-state index contributed by atoms with van der Waals surface area (Å²) >= 11 is 1.27. The summed E-state index contributed by atoms with van der Waals surface area (Å²) in [7, 11) is 0. The van der Waals surface area contributed by atoms with Gasteiger partial charge in [-0.2, -0.15) is 18.3 Å². The fourth-order valence-electron chi connectivity index (χ4n) is 2.65. The third-order valence-corrected chi connectivity index (χ3v) is 4.67. The lowest BCUT2D eigenvalue weighted by Gasteiger charge is -2.09. The summed E-state index contributed by atoms with van der Waals surface area (Å²) in [6.07, 6.45) is -4.39. The van der Waals surface area contributed by atoms with Crippen LogP contribution in [0.15, 0.2) is 35.7 Å². The average Bonchev–Trinajstić information content (AvgIpc) is 3.21. The van der Waals surface area contributed by atoms with Crippen LogP contribution in [0.25, 0.3) is 17.0 Å². The number of hydrogen-bond acceptors (Lipinski definition) is 6. The van der Waals surface area contributed by atoms with Crippen LogP contribution in [0.1, 0.15) is 17.0 Å². The first-order valence-electron chi connectivity index (χ1n) is 7.91. The molecular formula is C17H13F3N6S. The zero-order valence-corrected chi connectivity index (χ0v) is 15.1. The van der Waals surface area contributed by atoms with Crippen molar-refractivity contribution in [1.82, 2.24) is 24.8 Å². The fraction of sp³-hybridized carbons (Fsp3) is 0.176. The molecule has 0 bridgehead atoms. The predicted octanol–water partition coefficient (Wildman–Crippen LogP) is 4.63. The van der Waals surface area contributed by atoms with E-state index in [-0.39, 0.29) is 0 Å². The second kappa shape index (κ2) is 6.31. The van der Waals surface area contributed by atoms with Crippen molar-refractivity contribution in [2.24, 2.45) is 0 Å². The van der Waals surface area contributed by atoms with E-state index in [1.165, 1.54) is 17.4 Å². The minimum atomic E-state index is -4.39. The van der Waals surface area contributed by atoms with Gasteiger partial charge in [-0.25, -0.2) is 9.50 Å². The number of anilines is 2. The van der Waals surface area contributed by atoms with Crippen molar-refractivity contribution in [3.8, 4) is 11.4 Å². The Morgan fingerprint density at radius 3 is 2.70 bits per heavy atom. The monoisotopic (exact) mass is 390 g/mol. The lowest BCUT2D eigenvalue weighted by atomic mass is 10.2. The number of hydrogen-bond donors (Lipinski definition) is 1. The van der Waals surface area contributed by atoms with Crippen LogP contribution in [0, 0.1) is 13.8 Å². The van der Waals surface area contributed by atoms with Gasteiger partial charge in [0.1, 0.15) is 11.4 Å². The number of aromatic nitrogens is 5. The smallest absolute Gasteiger partial charge is 0.332 e. The Kier molecular flexibility index (Phi) is 4.06. The Bertz CT molecular complexity index is 1130. The first kappa shape index (κ1) is 17.4. The zero-order chi connectivity index (χ0) is 19.2. The van der Waals surface area contributed by atoms with Gasteiger partial charge in [0.15, 0.2) is 10.8 Å². The van der Waals surface area contributed by atoms with Crippen LogP contribution >= 0.6 is 11.3 Å².